The number of rotatable bonds is 5. The van der Waals surface area contributed by atoms with Gasteiger partial charge in [0.05, 0.1) is 6.20 Å². The number of nitrogens with two attached hydrogens (primary N) is 1. The topological polar surface area (TPSA) is 89.4 Å². The maximum Gasteiger partial charge on any atom is 0.323 e. The highest BCUT2D eigenvalue weighted by Gasteiger charge is 2.30. The lowest BCUT2D eigenvalue weighted by atomic mass is 9.98. The van der Waals surface area contributed by atoms with Crippen molar-refractivity contribution < 1.29 is 14.3 Å². The fourth-order valence-corrected chi connectivity index (χ4v) is 2.17. The minimum absolute atomic E-state index is 0.0368. The second kappa shape index (κ2) is 4.67. The van der Waals surface area contributed by atoms with Crippen LogP contribution in [-0.4, -0.2) is 26.8 Å². The predicted molar refractivity (Wildman–Crippen MR) is 56.7 cm³/mol. The Morgan fingerprint density at radius 2 is 2.53 bits per heavy atom. The highest BCUT2D eigenvalue weighted by molar-refractivity contribution is 7.99. The molecule has 6 heteroatoms. The highest BCUT2D eigenvalue weighted by atomic mass is 32.2. The molecular weight excluding hydrogens is 216 g/mol. The summed E-state index contributed by atoms with van der Waals surface area (Å²) in [6, 6.07) is 0. The van der Waals surface area contributed by atoms with E-state index in [-0.39, 0.29) is 5.25 Å². The van der Waals surface area contributed by atoms with E-state index in [9.17, 15) is 4.79 Å². The van der Waals surface area contributed by atoms with Crippen molar-refractivity contribution in [3.05, 3.63) is 12.5 Å². The molecule has 0 aliphatic carbocycles. The van der Waals surface area contributed by atoms with Crippen LogP contribution < -0.4 is 5.73 Å². The molecule has 84 valence electrons. The molecule has 1 aromatic heterocycles. The monoisotopic (exact) mass is 230 g/mol. The third-order valence-electron chi connectivity index (χ3n) is 1.91. The summed E-state index contributed by atoms with van der Waals surface area (Å²) in [4.78, 5) is 14.7. The lowest BCUT2D eigenvalue weighted by Gasteiger charge is -2.22. The van der Waals surface area contributed by atoms with E-state index in [4.69, 9.17) is 15.3 Å². The number of aliphatic carboxylic acids is 1. The zero-order valence-electron chi connectivity index (χ0n) is 8.64. The zero-order valence-corrected chi connectivity index (χ0v) is 9.45. The summed E-state index contributed by atoms with van der Waals surface area (Å²) in [6.07, 6.45) is 3.39. The van der Waals surface area contributed by atoms with Crippen molar-refractivity contribution in [3.8, 4) is 0 Å². The number of oxazole rings is 1. The van der Waals surface area contributed by atoms with Gasteiger partial charge in [0.25, 0.3) is 5.22 Å². The van der Waals surface area contributed by atoms with Crippen LogP contribution in [0.1, 0.15) is 20.3 Å². The van der Waals surface area contributed by atoms with Crippen LogP contribution in [0.4, 0.5) is 0 Å². The normalized spacial score (nSPS) is 17.0. The smallest absolute Gasteiger partial charge is 0.323 e. The number of hydrogen-bond donors (Lipinski definition) is 2. The van der Waals surface area contributed by atoms with Crippen LogP contribution in [0.3, 0.4) is 0 Å². The lowest BCUT2D eigenvalue weighted by Crippen LogP contribution is -2.46. The molecule has 0 aliphatic heterocycles. The standard InChI is InChI=1S/C9H14N2O3S/c1-6(5-9(2,10)7(12)13)15-8-11-3-4-14-8/h3-4,6H,5,10H2,1-2H3,(H,12,13). The summed E-state index contributed by atoms with van der Waals surface area (Å²) in [5.74, 6) is -0.998. The van der Waals surface area contributed by atoms with Gasteiger partial charge in [-0.05, 0) is 13.3 Å². The van der Waals surface area contributed by atoms with Gasteiger partial charge in [-0.15, -0.1) is 0 Å². The largest absolute Gasteiger partial charge is 0.480 e. The van der Waals surface area contributed by atoms with Gasteiger partial charge < -0.3 is 15.3 Å². The average Bonchev–Trinajstić information content (AvgIpc) is 2.54. The third kappa shape index (κ3) is 3.56. The summed E-state index contributed by atoms with van der Waals surface area (Å²) in [6.45, 7) is 3.39. The first-order valence-corrected chi connectivity index (χ1v) is 5.38. The molecule has 0 aromatic carbocycles. The highest BCUT2D eigenvalue weighted by Crippen LogP contribution is 2.26. The molecule has 1 aromatic rings. The molecule has 2 unspecified atom stereocenters. The number of nitrogens with zero attached hydrogens (tertiary/aromatic N) is 1. The Morgan fingerprint density at radius 1 is 1.87 bits per heavy atom. The van der Waals surface area contributed by atoms with Crippen molar-refractivity contribution in [2.75, 3.05) is 0 Å². The maximum absolute atomic E-state index is 10.8. The first kappa shape index (κ1) is 12.1. The molecule has 3 N–H and O–H groups in total. The molecule has 0 radical (unpaired) electrons. The second-order valence-corrected chi connectivity index (χ2v) is 5.04. The Bertz CT molecular complexity index is 324. The molecule has 0 saturated heterocycles. The minimum Gasteiger partial charge on any atom is -0.480 e. The summed E-state index contributed by atoms with van der Waals surface area (Å²) in [7, 11) is 0. The predicted octanol–water partition coefficient (Wildman–Crippen LogP) is 1.35. The molecule has 15 heavy (non-hydrogen) atoms. The van der Waals surface area contributed by atoms with Crippen LogP contribution in [0.2, 0.25) is 0 Å². The number of carbonyl (C=O) groups is 1. The van der Waals surface area contributed by atoms with E-state index in [2.05, 4.69) is 4.98 Å². The number of carboxylic acids is 1. The van der Waals surface area contributed by atoms with Gasteiger partial charge in [0.2, 0.25) is 0 Å². The fourth-order valence-electron chi connectivity index (χ4n) is 1.17. The van der Waals surface area contributed by atoms with Crippen LogP contribution in [-0.2, 0) is 4.79 Å². The molecule has 0 bridgehead atoms. The van der Waals surface area contributed by atoms with E-state index in [0.717, 1.165) is 0 Å². The van der Waals surface area contributed by atoms with Crippen molar-refractivity contribution in [1.82, 2.24) is 4.98 Å². The molecule has 0 amide bonds. The molecule has 1 heterocycles. The van der Waals surface area contributed by atoms with Crippen molar-refractivity contribution in [3.63, 3.8) is 0 Å². The quantitative estimate of drug-likeness (QED) is 0.742. The molecule has 0 spiro atoms. The Hall–Kier alpha value is -1.01. The van der Waals surface area contributed by atoms with E-state index < -0.39 is 11.5 Å². The van der Waals surface area contributed by atoms with Gasteiger partial charge in [0.15, 0.2) is 0 Å². The summed E-state index contributed by atoms with van der Waals surface area (Å²) < 4.78 is 5.04. The minimum atomic E-state index is -1.21. The Kier molecular flexibility index (Phi) is 3.76. The van der Waals surface area contributed by atoms with Gasteiger partial charge in [0, 0.05) is 5.25 Å². The van der Waals surface area contributed by atoms with E-state index >= 15 is 0 Å². The maximum atomic E-state index is 10.8. The van der Waals surface area contributed by atoms with Crippen LogP contribution >= 0.6 is 11.8 Å². The van der Waals surface area contributed by atoms with Gasteiger partial charge in [-0.25, -0.2) is 4.98 Å². The fraction of sp³-hybridized carbons (Fsp3) is 0.556. The summed E-state index contributed by atoms with van der Waals surface area (Å²) in [5, 5.41) is 9.41. The number of aromatic nitrogens is 1. The molecule has 2 atom stereocenters. The van der Waals surface area contributed by atoms with E-state index in [1.807, 2.05) is 6.92 Å². The SMILES string of the molecule is CC(CC(C)(N)C(=O)O)Sc1ncco1. The Morgan fingerprint density at radius 3 is 3.00 bits per heavy atom. The Labute approximate surface area is 92.1 Å². The molecule has 0 fully saturated rings. The van der Waals surface area contributed by atoms with Crippen molar-refractivity contribution >= 4 is 17.7 Å². The third-order valence-corrected chi connectivity index (χ3v) is 2.88. The van der Waals surface area contributed by atoms with Crippen LogP contribution in [0.25, 0.3) is 0 Å². The number of carboxylic acid groups (broad SMARTS) is 1. The van der Waals surface area contributed by atoms with E-state index in [0.29, 0.717) is 11.6 Å². The molecular formula is C9H14N2O3S. The molecule has 1 rings (SSSR count). The average molecular weight is 230 g/mol. The van der Waals surface area contributed by atoms with Crippen LogP contribution in [0.5, 0.6) is 0 Å². The zero-order chi connectivity index (χ0) is 11.5. The van der Waals surface area contributed by atoms with Gasteiger partial charge in [-0.3, -0.25) is 4.79 Å². The van der Waals surface area contributed by atoms with Gasteiger partial charge in [0.1, 0.15) is 11.8 Å². The summed E-state index contributed by atoms with van der Waals surface area (Å²) >= 11 is 1.37. The van der Waals surface area contributed by atoms with Crippen molar-refractivity contribution in [1.29, 1.82) is 0 Å². The molecule has 0 saturated carbocycles. The van der Waals surface area contributed by atoms with Gasteiger partial charge in [-0.1, -0.05) is 18.7 Å². The van der Waals surface area contributed by atoms with Gasteiger partial charge >= 0.3 is 5.97 Å². The first-order chi connectivity index (χ1) is 6.92. The molecule has 0 aliphatic rings. The van der Waals surface area contributed by atoms with E-state index in [1.165, 1.54) is 24.9 Å². The van der Waals surface area contributed by atoms with Crippen LogP contribution in [0, 0.1) is 0 Å². The van der Waals surface area contributed by atoms with Crippen LogP contribution in [0.15, 0.2) is 22.1 Å². The number of hydrogen-bond acceptors (Lipinski definition) is 5. The lowest BCUT2D eigenvalue weighted by molar-refractivity contribution is -0.142. The van der Waals surface area contributed by atoms with E-state index in [1.54, 1.807) is 6.20 Å². The Balaban J connectivity index is 2.49. The van der Waals surface area contributed by atoms with Crippen molar-refractivity contribution in [2.24, 2.45) is 5.73 Å². The molecule has 5 nitrogen and oxygen atoms in total. The number of thioether (sulfide) groups is 1. The first-order valence-electron chi connectivity index (χ1n) is 4.50. The summed E-state index contributed by atoms with van der Waals surface area (Å²) in [5.41, 5.74) is 4.42. The van der Waals surface area contributed by atoms with Gasteiger partial charge in [-0.2, -0.15) is 0 Å². The second-order valence-electron chi connectivity index (χ2n) is 3.65. The van der Waals surface area contributed by atoms with Crippen molar-refractivity contribution in [2.45, 2.75) is 36.3 Å².